The van der Waals surface area contributed by atoms with Crippen molar-refractivity contribution < 1.29 is 24.2 Å². The smallest absolute Gasteiger partial charge is 0.325 e. The summed E-state index contributed by atoms with van der Waals surface area (Å²) in [4.78, 5) is 38.3. The van der Waals surface area contributed by atoms with E-state index in [0.29, 0.717) is 31.7 Å². The first kappa shape index (κ1) is 21.5. The number of carboxylic acid groups (broad SMARTS) is 1. The Bertz CT molecular complexity index is 1100. The molecule has 162 valence electrons. The second-order valence-electron chi connectivity index (χ2n) is 7.62. The molecular formula is C22H20Cl2N2O5. The standard InChI is InChI=1S/C22H20Cl2N2O5/c1-11(22(29)30)25-20(27)18-16(23)8-14-10-26(6-4-15(14)19(18)24)21(28)13-3-2-12-5-7-31-17(12)9-13/h2-3,8-9,11H,4-7,10H2,1H3,(H,25,27)(H,29,30)/t11-/m0/s1. The van der Waals surface area contributed by atoms with Crippen LogP contribution in [0.2, 0.25) is 10.0 Å². The topological polar surface area (TPSA) is 95.9 Å². The van der Waals surface area contributed by atoms with Crippen molar-refractivity contribution in [2.24, 2.45) is 0 Å². The Morgan fingerprint density at radius 1 is 1.16 bits per heavy atom. The Morgan fingerprint density at radius 2 is 1.94 bits per heavy atom. The van der Waals surface area contributed by atoms with Gasteiger partial charge in [-0.2, -0.15) is 0 Å². The van der Waals surface area contributed by atoms with E-state index in [2.05, 4.69) is 5.32 Å². The van der Waals surface area contributed by atoms with Crippen molar-refractivity contribution in [3.63, 3.8) is 0 Å². The molecule has 2 aliphatic heterocycles. The third kappa shape index (κ3) is 4.07. The van der Waals surface area contributed by atoms with Crippen LogP contribution in [0.25, 0.3) is 0 Å². The molecule has 2 aromatic rings. The molecule has 0 bridgehead atoms. The Morgan fingerprint density at radius 3 is 2.68 bits per heavy atom. The Kier molecular flexibility index (Phi) is 5.81. The fraction of sp³-hybridized carbons (Fsp3) is 0.318. The second-order valence-corrected chi connectivity index (χ2v) is 8.40. The highest BCUT2D eigenvalue weighted by Gasteiger charge is 2.29. The highest BCUT2D eigenvalue weighted by atomic mass is 35.5. The molecule has 0 aromatic heterocycles. The molecule has 0 aliphatic carbocycles. The largest absolute Gasteiger partial charge is 0.493 e. The summed E-state index contributed by atoms with van der Waals surface area (Å²) in [5.74, 6) is -1.18. The number of rotatable bonds is 4. The average Bonchev–Trinajstić information content (AvgIpc) is 3.20. The van der Waals surface area contributed by atoms with Crippen LogP contribution in [0, 0.1) is 0 Å². The van der Waals surface area contributed by atoms with Crippen LogP contribution in [0.5, 0.6) is 5.75 Å². The normalized spacial score (nSPS) is 15.5. The lowest BCUT2D eigenvalue weighted by molar-refractivity contribution is -0.138. The summed E-state index contributed by atoms with van der Waals surface area (Å²) in [6.07, 6.45) is 1.30. The van der Waals surface area contributed by atoms with Crippen LogP contribution >= 0.6 is 23.2 Å². The Hall–Kier alpha value is -2.77. The molecule has 0 saturated heterocycles. The number of aliphatic carboxylic acids is 1. The summed E-state index contributed by atoms with van der Waals surface area (Å²) in [6, 6.07) is 6.04. The number of hydrogen-bond acceptors (Lipinski definition) is 4. The van der Waals surface area contributed by atoms with Crippen LogP contribution < -0.4 is 10.1 Å². The predicted octanol–water partition coefficient (Wildman–Crippen LogP) is 3.33. The summed E-state index contributed by atoms with van der Waals surface area (Å²) in [7, 11) is 0. The number of hydrogen-bond donors (Lipinski definition) is 2. The molecule has 4 rings (SSSR count). The number of halogens is 2. The Balaban J connectivity index is 1.56. The van der Waals surface area contributed by atoms with Crippen molar-refractivity contribution in [3.05, 3.63) is 62.1 Å². The monoisotopic (exact) mass is 462 g/mol. The molecule has 0 unspecified atom stereocenters. The number of fused-ring (bicyclic) bond motifs is 2. The maximum atomic E-state index is 13.0. The molecule has 0 fully saturated rings. The van der Waals surface area contributed by atoms with Crippen LogP contribution in [-0.4, -0.2) is 47.0 Å². The summed E-state index contributed by atoms with van der Waals surface area (Å²) >= 11 is 12.8. The maximum absolute atomic E-state index is 13.0. The van der Waals surface area contributed by atoms with Gasteiger partial charge in [-0.25, -0.2) is 0 Å². The fourth-order valence-electron chi connectivity index (χ4n) is 3.85. The maximum Gasteiger partial charge on any atom is 0.325 e. The zero-order valence-electron chi connectivity index (χ0n) is 16.7. The minimum atomic E-state index is -1.16. The fourth-order valence-corrected chi connectivity index (χ4v) is 4.61. The molecule has 2 N–H and O–H groups in total. The number of carbonyl (C=O) groups is 3. The van der Waals surface area contributed by atoms with Gasteiger partial charge in [-0.05, 0) is 48.2 Å². The molecule has 0 radical (unpaired) electrons. The van der Waals surface area contributed by atoms with E-state index in [1.54, 1.807) is 17.0 Å². The minimum Gasteiger partial charge on any atom is -0.493 e. The van der Waals surface area contributed by atoms with Crippen LogP contribution in [0.3, 0.4) is 0 Å². The van der Waals surface area contributed by atoms with E-state index in [0.717, 1.165) is 28.9 Å². The first-order valence-electron chi connectivity index (χ1n) is 9.84. The Labute approximate surface area is 188 Å². The molecule has 2 amide bonds. The molecule has 2 heterocycles. The van der Waals surface area contributed by atoms with E-state index in [4.69, 9.17) is 33.0 Å². The number of benzene rings is 2. The first-order chi connectivity index (χ1) is 14.8. The number of amides is 2. The summed E-state index contributed by atoms with van der Waals surface area (Å²) < 4.78 is 5.56. The quantitative estimate of drug-likeness (QED) is 0.726. The van der Waals surface area contributed by atoms with Gasteiger partial charge >= 0.3 is 5.97 Å². The lowest BCUT2D eigenvalue weighted by Crippen LogP contribution is -2.39. The number of nitrogens with zero attached hydrogens (tertiary/aromatic N) is 1. The van der Waals surface area contributed by atoms with E-state index in [9.17, 15) is 14.4 Å². The van der Waals surface area contributed by atoms with Gasteiger partial charge < -0.3 is 20.1 Å². The highest BCUT2D eigenvalue weighted by molar-refractivity contribution is 6.40. The molecule has 7 nitrogen and oxygen atoms in total. The molecule has 31 heavy (non-hydrogen) atoms. The minimum absolute atomic E-state index is 0.0470. The second kappa shape index (κ2) is 8.40. The van der Waals surface area contributed by atoms with Gasteiger partial charge in [0.05, 0.1) is 22.2 Å². The van der Waals surface area contributed by atoms with E-state index in [-0.39, 0.29) is 21.5 Å². The van der Waals surface area contributed by atoms with Crippen LogP contribution in [0.1, 0.15) is 44.3 Å². The van der Waals surface area contributed by atoms with Gasteiger partial charge in [-0.15, -0.1) is 0 Å². The van der Waals surface area contributed by atoms with Gasteiger partial charge in [-0.1, -0.05) is 29.3 Å². The molecule has 1 atom stereocenters. The van der Waals surface area contributed by atoms with Gasteiger partial charge in [0.1, 0.15) is 11.8 Å². The lowest BCUT2D eigenvalue weighted by Gasteiger charge is -2.30. The zero-order chi connectivity index (χ0) is 22.3. The molecule has 2 aliphatic rings. The zero-order valence-corrected chi connectivity index (χ0v) is 18.2. The van der Waals surface area contributed by atoms with Crippen molar-refractivity contribution >= 4 is 41.0 Å². The number of nitrogens with one attached hydrogen (secondary N) is 1. The van der Waals surface area contributed by atoms with Crippen molar-refractivity contribution in [1.82, 2.24) is 10.2 Å². The van der Waals surface area contributed by atoms with Crippen molar-refractivity contribution in [1.29, 1.82) is 0 Å². The van der Waals surface area contributed by atoms with Gasteiger partial charge in [0.25, 0.3) is 11.8 Å². The molecular weight excluding hydrogens is 443 g/mol. The van der Waals surface area contributed by atoms with Crippen molar-refractivity contribution in [3.8, 4) is 5.75 Å². The molecule has 0 spiro atoms. The van der Waals surface area contributed by atoms with Gasteiger partial charge in [0.15, 0.2) is 0 Å². The van der Waals surface area contributed by atoms with Crippen LogP contribution in [0.4, 0.5) is 0 Å². The SMILES string of the molecule is C[C@H](NC(=O)c1c(Cl)cc2c(c1Cl)CCN(C(=O)c1ccc3c(c1)OCC3)C2)C(=O)O. The molecule has 2 aromatic carbocycles. The van der Waals surface area contributed by atoms with Crippen LogP contribution in [-0.2, 0) is 24.2 Å². The third-order valence-corrected chi connectivity index (χ3v) is 6.30. The number of carbonyl (C=O) groups excluding carboxylic acids is 2. The van der Waals surface area contributed by atoms with Gasteiger partial charge in [0, 0.05) is 25.1 Å². The lowest BCUT2D eigenvalue weighted by atomic mass is 9.95. The van der Waals surface area contributed by atoms with Gasteiger partial charge in [-0.3, -0.25) is 14.4 Å². The van der Waals surface area contributed by atoms with E-state index >= 15 is 0 Å². The summed E-state index contributed by atoms with van der Waals surface area (Å²) in [6.45, 7) is 2.72. The van der Waals surface area contributed by atoms with Crippen LogP contribution in [0.15, 0.2) is 24.3 Å². The third-order valence-electron chi connectivity index (χ3n) is 5.58. The van der Waals surface area contributed by atoms with Gasteiger partial charge in [0.2, 0.25) is 0 Å². The van der Waals surface area contributed by atoms with E-state index in [1.807, 2.05) is 12.1 Å². The van der Waals surface area contributed by atoms with E-state index in [1.165, 1.54) is 6.92 Å². The average molecular weight is 463 g/mol. The van der Waals surface area contributed by atoms with Crippen molar-refractivity contribution in [2.75, 3.05) is 13.2 Å². The first-order valence-corrected chi connectivity index (χ1v) is 10.6. The predicted molar refractivity (Wildman–Crippen MR) is 115 cm³/mol. The summed E-state index contributed by atoms with van der Waals surface area (Å²) in [5, 5.41) is 11.7. The highest BCUT2D eigenvalue weighted by Crippen LogP contribution is 2.35. The molecule has 0 saturated carbocycles. The number of carboxylic acids is 1. The number of ether oxygens (including phenoxy) is 1. The summed E-state index contributed by atoms with van der Waals surface area (Å²) in [5.41, 5.74) is 3.20. The van der Waals surface area contributed by atoms with E-state index < -0.39 is 17.9 Å². The van der Waals surface area contributed by atoms with Crippen molar-refractivity contribution in [2.45, 2.75) is 32.4 Å². The molecule has 9 heteroatoms.